The van der Waals surface area contributed by atoms with Crippen molar-refractivity contribution in [1.29, 1.82) is 0 Å². The number of aromatic nitrogens is 5. The molecule has 0 saturated carbocycles. The zero-order valence-electron chi connectivity index (χ0n) is 69.3. The van der Waals surface area contributed by atoms with Crippen LogP contribution in [0.3, 0.4) is 0 Å². The van der Waals surface area contributed by atoms with E-state index in [2.05, 4.69) is 375 Å². The van der Waals surface area contributed by atoms with Crippen molar-refractivity contribution in [1.82, 2.24) is 24.5 Å². The number of nitrogens with zero attached hydrogens (tertiary/aromatic N) is 5. The van der Waals surface area contributed by atoms with Crippen LogP contribution in [0.2, 0.25) is 0 Å². The third-order valence-corrected chi connectivity index (χ3v) is 24.0. The molecule has 606 valence electrons. The molecule has 22 rings (SSSR count). The van der Waals surface area contributed by atoms with Gasteiger partial charge >= 0.3 is 42.1 Å². The summed E-state index contributed by atoms with van der Waals surface area (Å²) in [5, 5.41) is 2.28. The Hall–Kier alpha value is -14.5. The smallest absolute Gasteiger partial charge is 0.496 e. The van der Waals surface area contributed by atoms with Crippen molar-refractivity contribution in [3.8, 4) is 174 Å². The van der Waals surface area contributed by atoms with E-state index in [0.29, 0.717) is 11.5 Å². The van der Waals surface area contributed by atoms with Gasteiger partial charge in [0.15, 0.2) is 0 Å². The van der Waals surface area contributed by atoms with Gasteiger partial charge in [-0.2, -0.15) is 0 Å². The number of rotatable bonds is 15. The third-order valence-electron chi connectivity index (χ3n) is 24.0. The number of hydrogen-bond acceptors (Lipinski definition) is 7. The molecule has 7 heterocycles. The molecule has 0 spiro atoms. The fourth-order valence-corrected chi connectivity index (χ4v) is 17.7. The van der Waals surface area contributed by atoms with Gasteiger partial charge in [-0.3, -0.25) is 0 Å². The molecule has 0 unspecified atom stereocenters. The van der Waals surface area contributed by atoms with Crippen LogP contribution in [0.4, 0.5) is 0 Å². The van der Waals surface area contributed by atoms with Crippen LogP contribution in [0.1, 0.15) is 49.9 Å². The SMILES string of the molecule is CC1(C)c2cccc(-c3cc(-c4ccccc4)cc(-c4ccccc4)c3)c2Oc2c(-c3ccc(-c4ccccn4)[c-]c3Oc3[c-]c(-c4ccccn4)ccc3)cccc21.CC1(C)c2cccc(-c3ccc(-c4[c-]c5c(cc4)c4ccccc4n5-c4[c-]c(-c5ccccn5)ccc4)nc3)c2Oc2c(-c3cc(-c4ccccc4)cc(-c4ccccc4)c3)cccc21.[Pt+2].[Pt+2]. The number of benzene rings is 15. The van der Waals surface area contributed by atoms with E-state index in [1.54, 1.807) is 12.4 Å². The van der Waals surface area contributed by atoms with Crippen LogP contribution in [-0.4, -0.2) is 24.5 Å². The maximum Gasteiger partial charge on any atom is 2.00 e. The average Bonchev–Trinajstić information content (AvgIpc) is 1.76. The molecule has 0 aliphatic carbocycles. The van der Waals surface area contributed by atoms with Gasteiger partial charge in [0.2, 0.25) is 0 Å². The van der Waals surface area contributed by atoms with Gasteiger partial charge < -0.3 is 38.7 Å². The van der Waals surface area contributed by atoms with E-state index < -0.39 is 5.41 Å². The minimum atomic E-state index is -0.391. The van der Waals surface area contributed by atoms with Gasteiger partial charge in [-0.1, -0.05) is 312 Å². The van der Waals surface area contributed by atoms with Gasteiger partial charge in [0.25, 0.3) is 0 Å². The zero-order chi connectivity index (χ0) is 83.2. The van der Waals surface area contributed by atoms with Crippen LogP contribution in [0.25, 0.3) is 162 Å². The molecule has 126 heavy (non-hydrogen) atoms. The Bertz CT molecular complexity index is 7300. The number of ether oxygens (including phenoxy) is 3. The second-order valence-electron chi connectivity index (χ2n) is 32.4. The fraction of sp³-hybridized carbons (Fsp3) is 0.0517. The van der Waals surface area contributed by atoms with Crippen LogP contribution >= 0.6 is 0 Å². The molecule has 20 aromatic rings. The van der Waals surface area contributed by atoms with Crippen LogP contribution < -0.4 is 14.2 Å². The monoisotopic (exact) mass is 1980 g/mol. The first-order chi connectivity index (χ1) is 61.0. The van der Waals surface area contributed by atoms with Gasteiger partial charge in [-0.25, -0.2) is 0 Å². The first kappa shape index (κ1) is 81.2. The first-order valence-corrected chi connectivity index (χ1v) is 41.9. The van der Waals surface area contributed by atoms with E-state index in [1.807, 2.05) is 91.3 Å². The molecular formula is C116H79N5O3Pt2. The second kappa shape index (κ2) is 34.7. The summed E-state index contributed by atoms with van der Waals surface area (Å²) in [7, 11) is 0. The summed E-state index contributed by atoms with van der Waals surface area (Å²) in [5.74, 6) is 4.46. The fourth-order valence-electron chi connectivity index (χ4n) is 17.7. The molecule has 5 aromatic heterocycles. The predicted molar refractivity (Wildman–Crippen MR) is 503 cm³/mol. The van der Waals surface area contributed by atoms with Crippen molar-refractivity contribution in [2.75, 3.05) is 0 Å². The topological polar surface area (TPSA) is 84.2 Å². The molecule has 8 nitrogen and oxygen atoms in total. The van der Waals surface area contributed by atoms with Gasteiger partial charge in [0, 0.05) is 91.4 Å². The van der Waals surface area contributed by atoms with Gasteiger partial charge in [0.05, 0.1) is 5.75 Å². The van der Waals surface area contributed by atoms with E-state index >= 15 is 0 Å². The third kappa shape index (κ3) is 15.5. The van der Waals surface area contributed by atoms with E-state index in [1.165, 1.54) is 11.1 Å². The predicted octanol–water partition coefficient (Wildman–Crippen LogP) is 29.9. The Morgan fingerprint density at radius 3 is 1.13 bits per heavy atom. The van der Waals surface area contributed by atoms with Crippen LogP contribution in [0.15, 0.2) is 407 Å². The molecular weight excluding hydrogens is 1900 g/mol. The van der Waals surface area contributed by atoms with Crippen molar-refractivity contribution < 1.29 is 56.3 Å². The Labute approximate surface area is 762 Å². The molecule has 2 aliphatic rings. The maximum atomic E-state index is 7.27. The van der Waals surface area contributed by atoms with Crippen LogP contribution in [0, 0.1) is 24.3 Å². The number of fused-ring (bicyclic) bond motifs is 7. The number of hydrogen-bond donors (Lipinski definition) is 0. The summed E-state index contributed by atoms with van der Waals surface area (Å²) in [5.41, 5.74) is 30.9. The quantitative estimate of drug-likeness (QED) is 0.0946. The summed E-state index contributed by atoms with van der Waals surface area (Å²) in [6.07, 6.45) is 7.36. The van der Waals surface area contributed by atoms with E-state index in [0.717, 1.165) is 196 Å². The molecule has 2 aliphatic heterocycles. The second-order valence-corrected chi connectivity index (χ2v) is 32.4. The Morgan fingerprint density at radius 1 is 0.270 bits per heavy atom. The summed E-state index contributed by atoms with van der Waals surface area (Å²) >= 11 is 0. The van der Waals surface area contributed by atoms with Gasteiger partial charge in [0.1, 0.15) is 23.0 Å². The van der Waals surface area contributed by atoms with Crippen molar-refractivity contribution in [3.05, 3.63) is 453 Å². The maximum absolute atomic E-state index is 7.27. The number of para-hydroxylation sites is 5. The van der Waals surface area contributed by atoms with E-state index in [-0.39, 0.29) is 47.5 Å². The van der Waals surface area contributed by atoms with Crippen molar-refractivity contribution in [3.63, 3.8) is 0 Å². The minimum Gasteiger partial charge on any atom is -0.496 e. The van der Waals surface area contributed by atoms with Crippen molar-refractivity contribution >= 4 is 21.8 Å². The minimum absolute atomic E-state index is 0. The molecule has 0 bridgehead atoms. The number of pyridine rings is 4. The molecule has 0 radical (unpaired) electrons. The molecule has 0 saturated heterocycles. The molecule has 10 heteroatoms. The normalized spacial score (nSPS) is 12.4. The van der Waals surface area contributed by atoms with Crippen molar-refractivity contribution in [2.24, 2.45) is 0 Å². The zero-order valence-corrected chi connectivity index (χ0v) is 73.8. The Morgan fingerprint density at radius 2 is 0.659 bits per heavy atom. The van der Waals surface area contributed by atoms with Gasteiger partial charge in [-0.15, -0.1) is 95.1 Å². The standard InChI is InChI=1S/C61H41N3O.C55H38N2O2.2Pt/c1-61(2)53-25-14-23-49(59(53)65-60-50(24-15-26-54(60)61)47-35-45(40-16-5-3-6-17-40)34-46(36-47)41-18-7-4-8-19-41)44-30-32-56(63-39-44)43-29-31-52-51-22-9-10-28-57(51)64(58(52)38-43)48-21-13-20-42(37-48)55-27-11-12-33-62-55;1-55(2)48-24-14-22-45(43-33-41(37-16-5-3-6-17-37)32-42(34-43)38-18-7-4-8-19-38)53(48)59-54-47(23-15-25-49(54)55)46-29-28-40(51-27-10-12-31-57-51)36-52(46)58-44-21-13-20-39(35-44)50-26-9-11-30-56-50;;/h3-36,39H,1-2H3;3-34H,1-2H3;;/q2*-2;2*+2. The summed E-state index contributed by atoms with van der Waals surface area (Å²) in [6.45, 7) is 9.16. The van der Waals surface area contributed by atoms with E-state index in [4.69, 9.17) is 19.2 Å². The Balaban J connectivity index is 0.000000163. The van der Waals surface area contributed by atoms with Crippen molar-refractivity contribution in [2.45, 2.75) is 38.5 Å². The molecule has 0 fully saturated rings. The molecule has 0 N–H and O–H groups in total. The molecule has 0 atom stereocenters. The van der Waals surface area contributed by atoms with Gasteiger partial charge in [-0.05, 0) is 161 Å². The average molecular weight is 1980 g/mol. The molecule has 0 amide bonds. The molecule has 15 aromatic carbocycles. The first-order valence-electron chi connectivity index (χ1n) is 41.9. The Kier molecular flexibility index (Phi) is 22.3. The van der Waals surface area contributed by atoms with Crippen LogP contribution in [0.5, 0.6) is 34.5 Å². The van der Waals surface area contributed by atoms with Crippen LogP contribution in [-0.2, 0) is 53.0 Å². The summed E-state index contributed by atoms with van der Waals surface area (Å²) in [6, 6.07) is 147. The summed E-state index contributed by atoms with van der Waals surface area (Å²) < 4.78 is 23.5. The largest absolute Gasteiger partial charge is 2.00 e. The van der Waals surface area contributed by atoms with E-state index in [9.17, 15) is 0 Å². The summed E-state index contributed by atoms with van der Waals surface area (Å²) in [4.78, 5) is 18.9.